The number of nitrogens with zero attached hydrogens (tertiary/aromatic N) is 2. The van der Waals surface area contributed by atoms with Gasteiger partial charge in [0.2, 0.25) is 0 Å². The number of benzene rings is 1. The molecule has 0 fully saturated rings. The Bertz CT molecular complexity index is 715. The summed E-state index contributed by atoms with van der Waals surface area (Å²) in [5.74, 6) is -2.70. The van der Waals surface area contributed by atoms with Crippen molar-refractivity contribution in [2.45, 2.75) is 6.18 Å². The highest BCUT2D eigenvalue weighted by Gasteiger charge is 2.35. The Hall–Kier alpha value is -2.71. The molecule has 0 radical (unpaired) electrons. The molecule has 1 amide bonds. The minimum absolute atomic E-state index is 0.213. The van der Waals surface area contributed by atoms with E-state index in [-0.39, 0.29) is 17.2 Å². The Balaban J connectivity index is 2.62. The molecule has 1 aromatic carbocycles. The summed E-state index contributed by atoms with van der Waals surface area (Å²) in [4.78, 5) is 18.2. The Kier molecular flexibility index (Phi) is 3.50. The molecule has 0 unspecified atom stereocenters. The molecule has 0 bridgehead atoms. The zero-order valence-corrected chi connectivity index (χ0v) is 10.3. The topological polar surface area (TPSA) is 94.9 Å². The Morgan fingerprint density at radius 1 is 1.24 bits per heavy atom. The number of rotatable bonds is 2. The van der Waals surface area contributed by atoms with Crippen molar-refractivity contribution in [3.8, 4) is 11.4 Å². The van der Waals surface area contributed by atoms with Gasteiger partial charge in [-0.3, -0.25) is 4.79 Å². The highest BCUT2D eigenvalue weighted by Crippen LogP contribution is 2.36. The van der Waals surface area contributed by atoms with E-state index in [9.17, 15) is 22.4 Å². The minimum atomic E-state index is -4.79. The first kappa shape index (κ1) is 14.7. The maximum atomic E-state index is 13.0. The van der Waals surface area contributed by atoms with Crippen LogP contribution in [-0.2, 0) is 6.18 Å². The number of aromatic nitrogens is 2. The number of carbonyl (C=O) groups is 1. The first-order valence-electron chi connectivity index (χ1n) is 5.49. The molecule has 0 aliphatic heterocycles. The summed E-state index contributed by atoms with van der Waals surface area (Å²) in [6.45, 7) is 0. The van der Waals surface area contributed by atoms with E-state index in [1.807, 2.05) is 0 Å². The molecule has 5 nitrogen and oxygen atoms in total. The van der Waals surface area contributed by atoms with Gasteiger partial charge in [-0.25, -0.2) is 14.4 Å². The highest BCUT2D eigenvalue weighted by molar-refractivity contribution is 5.97. The van der Waals surface area contributed by atoms with Crippen molar-refractivity contribution in [2.75, 3.05) is 5.73 Å². The molecule has 2 rings (SSSR count). The van der Waals surface area contributed by atoms with Crippen LogP contribution in [-0.4, -0.2) is 15.9 Å². The number of primary amides is 1. The van der Waals surface area contributed by atoms with Crippen LogP contribution in [0.3, 0.4) is 0 Å². The monoisotopic (exact) mass is 300 g/mol. The van der Waals surface area contributed by atoms with Crippen molar-refractivity contribution in [1.29, 1.82) is 0 Å². The first-order chi connectivity index (χ1) is 9.70. The van der Waals surface area contributed by atoms with Crippen molar-refractivity contribution in [2.24, 2.45) is 5.73 Å². The van der Waals surface area contributed by atoms with E-state index >= 15 is 0 Å². The second-order valence-corrected chi connectivity index (χ2v) is 4.04. The molecule has 110 valence electrons. The number of hydrogen-bond acceptors (Lipinski definition) is 4. The third-order valence-electron chi connectivity index (χ3n) is 2.61. The Labute approximate surface area is 115 Å². The normalized spacial score (nSPS) is 11.4. The van der Waals surface area contributed by atoms with Crippen molar-refractivity contribution in [3.63, 3.8) is 0 Å². The summed E-state index contributed by atoms with van der Waals surface area (Å²) in [6.07, 6.45) is -3.87. The fourth-order valence-corrected chi connectivity index (χ4v) is 1.66. The zero-order chi connectivity index (χ0) is 15.8. The average Bonchev–Trinajstić information content (AvgIpc) is 2.37. The van der Waals surface area contributed by atoms with Crippen LogP contribution in [0.4, 0.5) is 23.4 Å². The zero-order valence-electron chi connectivity index (χ0n) is 10.3. The largest absolute Gasteiger partial charge is 0.417 e. The predicted molar refractivity (Wildman–Crippen MR) is 65.4 cm³/mol. The van der Waals surface area contributed by atoms with Crippen molar-refractivity contribution >= 4 is 11.7 Å². The third-order valence-corrected chi connectivity index (χ3v) is 2.61. The van der Waals surface area contributed by atoms with Crippen LogP contribution >= 0.6 is 0 Å². The number of alkyl halides is 3. The van der Waals surface area contributed by atoms with Gasteiger partial charge in [-0.1, -0.05) is 0 Å². The number of nitrogen functional groups attached to an aromatic ring is 1. The van der Waals surface area contributed by atoms with Crippen LogP contribution in [0, 0.1) is 5.82 Å². The van der Waals surface area contributed by atoms with E-state index in [2.05, 4.69) is 9.97 Å². The van der Waals surface area contributed by atoms with Gasteiger partial charge in [-0.15, -0.1) is 0 Å². The number of nitrogens with two attached hydrogens (primary N) is 2. The molecule has 21 heavy (non-hydrogen) atoms. The Morgan fingerprint density at radius 2 is 1.90 bits per heavy atom. The van der Waals surface area contributed by atoms with Gasteiger partial charge < -0.3 is 11.5 Å². The lowest BCUT2D eigenvalue weighted by Crippen LogP contribution is -2.16. The fourth-order valence-electron chi connectivity index (χ4n) is 1.66. The smallest absolute Gasteiger partial charge is 0.383 e. The molecule has 2 aromatic rings. The van der Waals surface area contributed by atoms with Gasteiger partial charge in [0.25, 0.3) is 5.91 Å². The van der Waals surface area contributed by atoms with Crippen molar-refractivity contribution in [3.05, 3.63) is 41.3 Å². The van der Waals surface area contributed by atoms with Gasteiger partial charge in [0.1, 0.15) is 11.6 Å². The lowest BCUT2D eigenvalue weighted by Gasteiger charge is -2.12. The summed E-state index contributed by atoms with van der Waals surface area (Å²) in [5, 5.41) is 0. The molecule has 0 atom stereocenters. The highest BCUT2D eigenvalue weighted by atomic mass is 19.4. The molecule has 0 aliphatic carbocycles. The van der Waals surface area contributed by atoms with Gasteiger partial charge in [0.05, 0.1) is 11.1 Å². The van der Waals surface area contributed by atoms with Gasteiger partial charge >= 0.3 is 6.18 Å². The molecule has 0 spiro atoms. The van der Waals surface area contributed by atoms with Crippen LogP contribution in [0.2, 0.25) is 0 Å². The first-order valence-corrected chi connectivity index (χ1v) is 5.49. The van der Waals surface area contributed by atoms with E-state index in [4.69, 9.17) is 11.5 Å². The second-order valence-electron chi connectivity index (χ2n) is 4.04. The van der Waals surface area contributed by atoms with Crippen LogP contribution < -0.4 is 11.5 Å². The fraction of sp³-hybridized carbons (Fsp3) is 0.0833. The summed E-state index contributed by atoms with van der Waals surface area (Å²) in [5.41, 5.74) is 8.53. The number of carbonyl (C=O) groups excluding carboxylic acids is 1. The average molecular weight is 300 g/mol. The molecule has 0 saturated heterocycles. The molecule has 0 aliphatic rings. The molecule has 9 heteroatoms. The lowest BCUT2D eigenvalue weighted by atomic mass is 10.1. The van der Waals surface area contributed by atoms with E-state index in [0.29, 0.717) is 6.07 Å². The SMILES string of the molecule is NC(=O)c1cnc(-c2ccc(F)cc2C(F)(F)F)nc1N. The number of anilines is 1. The molecule has 4 N–H and O–H groups in total. The van der Waals surface area contributed by atoms with E-state index in [0.717, 1.165) is 18.3 Å². The number of amides is 1. The molecule has 0 saturated carbocycles. The third kappa shape index (κ3) is 2.91. The molecule has 1 aromatic heterocycles. The van der Waals surface area contributed by atoms with Crippen molar-refractivity contribution < 1.29 is 22.4 Å². The van der Waals surface area contributed by atoms with Crippen LogP contribution in [0.15, 0.2) is 24.4 Å². The minimum Gasteiger partial charge on any atom is -0.383 e. The van der Waals surface area contributed by atoms with Gasteiger partial charge in [0, 0.05) is 11.8 Å². The van der Waals surface area contributed by atoms with E-state index in [1.54, 1.807) is 0 Å². The standard InChI is InChI=1S/C12H8F4N4O/c13-5-1-2-6(8(3-5)12(14,15)16)11-19-4-7(10(18)21)9(17)20-11/h1-4H,(H2,18,21)(H2,17,19,20). The summed E-state index contributed by atoms with van der Waals surface area (Å²) in [7, 11) is 0. The predicted octanol–water partition coefficient (Wildman–Crippen LogP) is 1.98. The molecule has 1 heterocycles. The van der Waals surface area contributed by atoms with Crippen LogP contribution in [0.25, 0.3) is 11.4 Å². The number of halogens is 4. The maximum absolute atomic E-state index is 13.0. The van der Waals surface area contributed by atoms with E-state index in [1.165, 1.54) is 0 Å². The maximum Gasteiger partial charge on any atom is 0.417 e. The Morgan fingerprint density at radius 3 is 2.43 bits per heavy atom. The molecular weight excluding hydrogens is 292 g/mol. The quantitative estimate of drug-likeness (QED) is 0.829. The van der Waals surface area contributed by atoms with Crippen LogP contribution in [0.5, 0.6) is 0 Å². The lowest BCUT2D eigenvalue weighted by molar-refractivity contribution is -0.137. The van der Waals surface area contributed by atoms with Gasteiger partial charge in [-0.05, 0) is 18.2 Å². The van der Waals surface area contributed by atoms with Crippen molar-refractivity contribution in [1.82, 2.24) is 9.97 Å². The van der Waals surface area contributed by atoms with E-state index < -0.39 is 29.0 Å². The summed E-state index contributed by atoms with van der Waals surface area (Å²) < 4.78 is 51.7. The number of hydrogen-bond donors (Lipinski definition) is 2. The van der Waals surface area contributed by atoms with Crippen LogP contribution in [0.1, 0.15) is 15.9 Å². The second kappa shape index (κ2) is 5.00. The van der Waals surface area contributed by atoms with Gasteiger partial charge in [0.15, 0.2) is 5.82 Å². The summed E-state index contributed by atoms with van der Waals surface area (Å²) >= 11 is 0. The van der Waals surface area contributed by atoms with Gasteiger partial charge in [-0.2, -0.15) is 13.2 Å². The summed E-state index contributed by atoms with van der Waals surface area (Å²) in [6, 6.07) is 2.06. The molecular formula is C12H8F4N4O.